The zero-order valence-corrected chi connectivity index (χ0v) is 13.1. The van der Waals surface area contributed by atoms with E-state index in [1.807, 2.05) is 0 Å². The van der Waals surface area contributed by atoms with Crippen molar-refractivity contribution in [3.8, 4) is 0 Å². The number of nitrogens with one attached hydrogen (secondary N) is 2. The van der Waals surface area contributed by atoms with Crippen molar-refractivity contribution in [2.24, 2.45) is 5.92 Å². The van der Waals surface area contributed by atoms with E-state index in [2.05, 4.69) is 45.9 Å². The Balaban J connectivity index is 0.00000161. The van der Waals surface area contributed by atoms with Gasteiger partial charge in [-0.05, 0) is 24.9 Å². The van der Waals surface area contributed by atoms with Crippen molar-refractivity contribution < 1.29 is 4.79 Å². The lowest BCUT2D eigenvalue weighted by Gasteiger charge is -2.28. The fourth-order valence-corrected chi connectivity index (χ4v) is 2.99. The Bertz CT molecular complexity index is 450. The van der Waals surface area contributed by atoms with Crippen LogP contribution in [0.5, 0.6) is 0 Å². The minimum atomic E-state index is 0. The third kappa shape index (κ3) is 4.19. The van der Waals surface area contributed by atoms with Crippen LogP contribution in [0.25, 0.3) is 0 Å². The standard InChI is InChI=1S/C16H23N3O.ClH/c20-16(14-9-17-10-14)18-11-15-7-4-8-19(15)12-13-5-2-1-3-6-13;/h1-3,5-6,14-15,17H,4,7-12H2,(H,18,20);1H. The number of carbonyl (C=O) groups is 1. The first-order chi connectivity index (χ1) is 9.83. The molecular formula is C16H24ClN3O. The molecule has 2 saturated heterocycles. The molecule has 0 aliphatic carbocycles. The van der Waals surface area contributed by atoms with Gasteiger partial charge >= 0.3 is 0 Å². The molecule has 0 aromatic heterocycles. The first kappa shape index (κ1) is 16.3. The van der Waals surface area contributed by atoms with Gasteiger partial charge in [0.25, 0.3) is 0 Å². The Morgan fingerprint density at radius 2 is 2.05 bits per heavy atom. The lowest BCUT2D eigenvalue weighted by molar-refractivity contribution is -0.126. The molecule has 0 bridgehead atoms. The van der Waals surface area contributed by atoms with Crippen LogP contribution in [0, 0.1) is 5.92 Å². The Labute approximate surface area is 132 Å². The average molecular weight is 310 g/mol. The fourth-order valence-electron chi connectivity index (χ4n) is 2.99. The number of halogens is 1. The summed E-state index contributed by atoms with van der Waals surface area (Å²) in [5.41, 5.74) is 1.36. The molecule has 1 aromatic rings. The van der Waals surface area contributed by atoms with E-state index in [0.29, 0.717) is 6.04 Å². The van der Waals surface area contributed by atoms with Crippen LogP contribution in [-0.4, -0.2) is 43.0 Å². The van der Waals surface area contributed by atoms with Crippen molar-refractivity contribution in [2.75, 3.05) is 26.2 Å². The van der Waals surface area contributed by atoms with Crippen molar-refractivity contribution in [2.45, 2.75) is 25.4 Å². The van der Waals surface area contributed by atoms with Gasteiger partial charge in [-0.1, -0.05) is 30.3 Å². The number of hydrogen-bond acceptors (Lipinski definition) is 3. The summed E-state index contributed by atoms with van der Waals surface area (Å²) in [5.74, 6) is 0.411. The Morgan fingerprint density at radius 1 is 1.29 bits per heavy atom. The number of benzene rings is 1. The Hall–Kier alpha value is -1.10. The average Bonchev–Trinajstić information content (AvgIpc) is 2.83. The van der Waals surface area contributed by atoms with E-state index in [0.717, 1.165) is 32.7 Å². The van der Waals surface area contributed by atoms with Crippen molar-refractivity contribution in [3.05, 3.63) is 35.9 Å². The number of rotatable bonds is 5. The predicted octanol–water partition coefficient (Wildman–Crippen LogP) is 1.41. The monoisotopic (exact) mass is 309 g/mol. The second-order valence-corrected chi connectivity index (χ2v) is 5.85. The van der Waals surface area contributed by atoms with Gasteiger partial charge in [0.05, 0.1) is 5.92 Å². The van der Waals surface area contributed by atoms with Gasteiger partial charge in [0.15, 0.2) is 0 Å². The predicted molar refractivity (Wildman–Crippen MR) is 86.5 cm³/mol. The molecule has 5 heteroatoms. The zero-order chi connectivity index (χ0) is 13.8. The Kier molecular flexibility index (Phi) is 6.03. The van der Waals surface area contributed by atoms with Gasteiger partial charge in [-0.3, -0.25) is 9.69 Å². The van der Waals surface area contributed by atoms with Crippen molar-refractivity contribution in [1.29, 1.82) is 0 Å². The van der Waals surface area contributed by atoms with Crippen LogP contribution in [0.1, 0.15) is 18.4 Å². The van der Waals surface area contributed by atoms with Crippen molar-refractivity contribution >= 4 is 18.3 Å². The normalized spacial score (nSPS) is 22.4. The minimum Gasteiger partial charge on any atom is -0.354 e. The molecule has 2 heterocycles. The number of carbonyl (C=O) groups excluding carboxylic acids is 1. The van der Waals surface area contributed by atoms with E-state index in [-0.39, 0.29) is 24.2 Å². The molecule has 0 spiro atoms. The molecule has 3 rings (SSSR count). The van der Waals surface area contributed by atoms with E-state index >= 15 is 0 Å². The maximum absolute atomic E-state index is 11.9. The summed E-state index contributed by atoms with van der Waals surface area (Å²) < 4.78 is 0. The largest absolute Gasteiger partial charge is 0.354 e. The SMILES string of the molecule is Cl.O=C(NCC1CCCN1Cc1ccccc1)C1CNC1. The summed E-state index contributed by atoms with van der Waals surface area (Å²) in [6, 6.07) is 11.1. The van der Waals surface area contributed by atoms with Crippen LogP contribution in [0.2, 0.25) is 0 Å². The highest BCUT2D eigenvalue weighted by molar-refractivity contribution is 5.85. The first-order valence-corrected chi connectivity index (χ1v) is 7.59. The van der Waals surface area contributed by atoms with Crippen LogP contribution in [0.4, 0.5) is 0 Å². The van der Waals surface area contributed by atoms with Gasteiger partial charge in [0.2, 0.25) is 5.91 Å². The van der Waals surface area contributed by atoms with Gasteiger partial charge in [0, 0.05) is 32.2 Å². The molecular weight excluding hydrogens is 286 g/mol. The summed E-state index contributed by atoms with van der Waals surface area (Å²) in [6.45, 7) is 4.60. The second kappa shape index (κ2) is 7.78. The van der Waals surface area contributed by atoms with E-state index < -0.39 is 0 Å². The molecule has 2 fully saturated rings. The summed E-state index contributed by atoms with van der Waals surface area (Å²) in [7, 11) is 0. The van der Waals surface area contributed by atoms with E-state index in [1.165, 1.54) is 18.4 Å². The zero-order valence-electron chi connectivity index (χ0n) is 12.3. The molecule has 1 unspecified atom stereocenters. The third-order valence-electron chi connectivity index (χ3n) is 4.39. The molecule has 2 aliphatic heterocycles. The summed E-state index contributed by atoms with van der Waals surface area (Å²) >= 11 is 0. The third-order valence-corrected chi connectivity index (χ3v) is 4.39. The van der Waals surface area contributed by atoms with Gasteiger partial charge in [0.1, 0.15) is 0 Å². The number of nitrogens with zero attached hydrogens (tertiary/aromatic N) is 1. The lowest BCUT2D eigenvalue weighted by Crippen LogP contribution is -2.52. The highest BCUT2D eigenvalue weighted by atomic mass is 35.5. The number of amides is 1. The second-order valence-electron chi connectivity index (χ2n) is 5.85. The molecule has 4 nitrogen and oxygen atoms in total. The summed E-state index contributed by atoms with van der Waals surface area (Å²) in [4.78, 5) is 14.4. The maximum Gasteiger partial charge on any atom is 0.225 e. The minimum absolute atomic E-state index is 0. The maximum atomic E-state index is 11.9. The first-order valence-electron chi connectivity index (χ1n) is 7.59. The number of likely N-dealkylation sites (tertiary alicyclic amines) is 1. The lowest BCUT2D eigenvalue weighted by atomic mass is 10.0. The summed E-state index contributed by atoms with van der Waals surface area (Å²) in [6.07, 6.45) is 2.42. The van der Waals surface area contributed by atoms with E-state index in [4.69, 9.17) is 0 Å². The van der Waals surface area contributed by atoms with Gasteiger partial charge < -0.3 is 10.6 Å². The van der Waals surface area contributed by atoms with Gasteiger partial charge in [-0.2, -0.15) is 0 Å². The van der Waals surface area contributed by atoms with Crippen molar-refractivity contribution in [1.82, 2.24) is 15.5 Å². The molecule has 1 aromatic carbocycles. The molecule has 1 atom stereocenters. The molecule has 0 radical (unpaired) electrons. The Morgan fingerprint density at radius 3 is 2.71 bits per heavy atom. The van der Waals surface area contributed by atoms with Crippen LogP contribution >= 0.6 is 12.4 Å². The van der Waals surface area contributed by atoms with E-state index in [1.54, 1.807) is 0 Å². The molecule has 21 heavy (non-hydrogen) atoms. The number of hydrogen-bond donors (Lipinski definition) is 2. The van der Waals surface area contributed by atoms with Crippen molar-refractivity contribution in [3.63, 3.8) is 0 Å². The van der Waals surface area contributed by atoms with Gasteiger partial charge in [-0.25, -0.2) is 0 Å². The smallest absolute Gasteiger partial charge is 0.225 e. The van der Waals surface area contributed by atoms with Crippen LogP contribution in [0.3, 0.4) is 0 Å². The molecule has 2 aliphatic rings. The quantitative estimate of drug-likeness (QED) is 0.864. The van der Waals surface area contributed by atoms with Crippen LogP contribution < -0.4 is 10.6 Å². The van der Waals surface area contributed by atoms with Crippen LogP contribution in [-0.2, 0) is 11.3 Å². The molecule has 2 N–H and O–H groups in total. The van der Waals surface area contributed by atoms with Crippen LogP contribution in [0.15, 0.2) is 30.3 Å². The highest BCUT2D eigenvalue weighted by Gasteiger charge is 2.28. The highest BCUT2D eigenvalue weighted by Crippen LogP contribution is 2.19. The van der Waals surface area contributed by atoms with E-state index in [9.17, 15) is 4.79 Å². The molecule has 1 amide bonds. The molecule has 116 valence electrons. The summed E-state index contributed by atoms with van der Waals surface area (Å²) in [5, 5.41) is 6.26. The topological polar surface area (TPSA) is 44.4 Å². The molecule has 0 saturated carbocycles. The van der Waals surface area contributed by atoms with Gasteiger partial charge in [-0.15, -0.1) is 12.4 Å². The fraction of sp³-hybridized carbons (Fsp3) is 0.562.